The molecule has 2 aromatic rings. The van der Waals surface area contributed by atoms with Crippen LogP contribution in [0.25, 0.3) is 10.2 Å². The molecule has 0 fully saturated rings. The molecule has 2 rings (SSSR count). The van der Waals surface area contributed by atoms with Crippen LogP contribution in [0.15, 0.2) is 12.3 Å². The summed E-state index contributed by atoms with van der Waals surface area (Å²) in [5.74, 6) is -0.305. The van der Waals surface area contributed by atoms with Gasteiger partial charge in [-0.1, -0.05) is 0 Å². The Balaban J connectivity index is 2.50. The second kappa shape index (κ2) is 4.22. The number of ether oxygens (including phenoxy) is 1. The summed E-state index contributed by atoms with van der Waals surface area (Å²) < 4.78 is 4.95. The van der Waals surface area contributed by atoms with E-state index in [1.54, 1.807) is 24.5 Å². The van der Waals surface area contributed by atoms with Gasteiger partial charge in [-0.05, 0) is 32.4 Å². The van der Waals surface area contributed by atoms with Crippen LogP contribution in [0.2, 0.25) is 0 Å². The van der Waals surface area contributed by atoms with Crippen molar-refractivity contribution in [3.63, 3.8) is 0 Å². The summed E-state index contributed by atoms with van der Waals surface area (Å²) in [6, 6.07) is 1.86. The normalized spacial score (nSPS) is 10.7. The maximum Gasteiger partial charge on any atom is 0.339 e. The van der Waals surface area contributed by atoms with Gasteiger partial charge in [0.1, 0.15) is 4.83 Å². The molecule has 0 radical (unpaired) electrons. The van der Waals surface area contributed by atoms with E-state index in [2.05, 4.69) is 11.9 Å². The van der Waals surface area contributed by atoms with Crippen LogP contribution in [0.3, 0.4) is 0 Å². The summed E-state index contributed by atoms with van der Waals surface area (Å²) in [6.45, 7) is 6.29. The average molecular weight is 235 g/mol. The lowest BCUT2D eigenvalue weighted by Gasteiger charge is -2.01. The number of hydrogen-bond acceptors (Lipinski definition) is 4. The quantitative estimate of drug-likeness (QED) is 0.751. The van der Waals surface area contributed by atoms with Crippen molar-refractivity contribution in [2.75, 3.05) is 6.61 Å². The van der Waals surface area contributed by atoms with Crippen molar-refractivity contribution in [2.24, 2.45) is 0 Å². The lowest BCUT2D eigenvalue weighted by molar-refractivity contribution is 0.0526. The minimum Gasteiger partial charge on any atom is -0.462 e. The molecule has 3 nitrogen and oxygen atoms in total. The van der Waals surface area contributed by atoms with E-state index in [1.807, 2.05) is 13.0 Å². The first-order chi connectivity index (χ1) is 7.63. The van der Waals surface area contributed by atoms with Gasteiger partial charge in [0.2, 0.25) is 0 Å². The standard InChI is InChI=1S/C12H13NO2S/c1-4-15-12(14)9-5-10-7(2)8(3)16-11(10)13-6-9/h5-6H,4H2,1-3H3. The molecule has 0 aliphatic carbocycles. The Kier molecular flexibility index (Phi) is 2.92. The number of aromatic nitrogens is 1. The van der Waals surface area contributed by atoms with Crippen molar-refractivity contribution < 1.29 is 9.53 Å². The average Bonchev–Trinajstić information content (AvgIpc) is 2.55. The fraction of sp³-hybridized carbons (Fsp3) is 0.333. The molecule has 4 heteroatoms. The Morgan fingerprint density at radius 2 is 2.25 bits per heavy atom. The second-order valence-electron chi connectivity index (χ2n) is 3.58. The maximum atomic E-state index is 11.5. The molecular weight excluding hydrogens is 222 g/mol. The van der Waals surface area contributed by atoms with Gasteiger partial charge in [-0.2, -0.15) is 0 Å². The first-order valence-corrected chi connectivity index (χ1v) is 5.98. The predicted molar refractivity (Wildman–Crippen MR) is 65.1 cm³/mol. The van der Waals surface area contributed by atoms with Crippen LogP contribution in [0, 0.1) is 13.8 Å². The highest BCUT2D eigenvalue weighted by atomic mass is 32.1. The smallest absolute Gasteiger partial charge is 0.339 e. The van der Waals surface area contributed by atoms with Crippen LogP contribution >= 0.6 is 11.3 Å². The molecule has 0 N–H and O–H groups in total. The number of carbonyl (C=O) groups is 1. The summed E-state index contributed by atoms with van der Waals surface area (Å²) in [7, 11) is 0. The highest BCUT2D eigenvalue weighted by Gasteiger charge is 2.11. The third-order valence-corrected chi connectivity index (χ3v) is 3.68. The summed E-state index contributed by atoms with van der Waals surface area (Å²) in [5, 5.41) is 1.05. The topological polar surface area (TPSA) is 39.2 Å². The summed E-state index contributed by atoms with van der Waals surface area (Å²) in [5.41, 5.74) is 1.72. The zero-order valence-electron chi connectivity index (χ0n) is 9.53. The third kappa shape index (κ3) is 1.80. The van der Waals surface area contributed by atoms with Crippen molar-refractivity contribution in [1.82, 2.24) is 4.98 Å². The minimum atomic E-state index is -0.305. The Hall–Kier alpha value is -1.42. The largest absolute Gasteiger partial charge is 0.462 e. The molecule has 16 heavy (non-hydrogen) atoms. The Morgan fingerprint density at radius 3 is 2.94 bits per heavy atom. The first-order valence-electron chi connectivity index (χ1n) is 5.16. The van der Waals surface area contributed by atoms with Gasteiger partial charge in [0.05, 0.1) is 12.2 Å². The number of carbonyl (C=O) groups excluding carboxylic acids is 1. The number of thiophene rings is 1. The number of aryl methyl sites for hydroxylation is 2. The molecule has 0 aromatic carbocycles. The maximum absolute atomic E-state index is 11.5. The van der Waals surface area contributed by atoms with E-state index in [1.165, 1.54) is 10.4 Å². The molecule has 84 valence electrons. The number of hydrogen-bond donors (Lipinski definition) is 0. The molecule has 0 saturated heterocycles. The molecule has 0 bridgehead atoms. The van der Waals surface area contributed by atoms with Crippen LogP contribution < -0.4 is 0 Å². The van der Waals surface area contributed by atoms with Crippen molar-refractivity contribution in [2.45, 2.75) is 20.8 Å². The number of pyridine rings is 1. The molecule has 0 aliphatic heterocycles. The van der Waals surface area contributed by atoms with Crippen LogP contribution in [0.1, 0.15) is 27.7 Å². The predicted octanol–water partition coefficient (Wildman–Crippen LogP) is 3.09. The van der Waals surface area contributed by atoms with E-state index in [9.17, 15) is 4.79 Å². The molecule has 0 aliphatic rings. The number of fused-ring (bicyclic) bond motifs is 1. The number of esters is 1. The SMILES string of the molecule is CCOC(=O)c1cnc2sc(C)c(C)c2c1. The fourth-order valence-corrected chi connectivity index (χ4v) is 2.52. The zero-order valence-corrected chi connectivity index (χ0v) is 10.4. The Morgan fingerprint density at radius 1 is 1.50 bits per heavy atom. The van der Waals surface area contributed by atoms with Gasteiger partial charge in [0.15, 0.2) is 0 Å². The van der Waals surface area contributed by atoms with Gasteiger partial charge in [-0.25, -0.2) is 9.78 Å². The highest BCUT2D eigenvalue weighted by Crippen LogP contribution is 2.28. The molecule has 0 atom stereocenters. The Labute approximate surface area is 98.1 Å². The first kappa shape index (κ1) is 11.1. The zero-order chi connectivity index (χ0) is 11.7. The van der Waals surface area contributed by atoms with Crippen molar-refractivity contribution in [3.8, 4) is 0 Å². The van der Waals surface area contributed by atoms with Gasteiger partial charge in [-0.3, -0.25) is 0 Å². The molecular formula is C12H13NO2S. The van der Waals surface area contributed by atoms with Crippen molar-refractivity contribution >= 4 is 27.5 Å². The van der Waals surface area contributed by atoms with Crippen molar-refractivity contribution in [1.29, 1.82) is 0 Å². The van der Waals surface area contributed by atoms with Gasteiger partial charge in [0.25, 0.3) is 0 Å². The molecule has 0 unspecified atom stereocenters. The summed E-state index contributed by atoms with van der Waals surface area (Å²) in [6.07, 6.45) is 1.58. The van der Waals surface area contributed by atoms with E-state index < -0.39 is 0 Å². The van der Waals surface area contributed by atoms with E-state index in [-0.39, 0.29) is 5.97 Å². The highest BCUT2D eigenvalue weighted by molar-refractivity contribution is 7.18. The summed E-state index contributed by atoms with van der Waals surface area (Å²) in [4.78, 5) is 18.0. The molecule has 0 saturated carbocycles. The van der Waals surface area contributed by atoms with Crippen LogP contribution in [0.5, 0.6) is 0 Å². The van der Waals surface area contributed by atoms with E-state index in [4.69, 9.17) is 4.74 Å². The van der Waals surface area contributed by atoms with Gasteiger partial charge < -0.3 is 4.74 Å². The Bertz CT molecular complexity index is 545. The second-order valence-corrected chi connectivity index (χ2v) is 4.78. The number of rotatable bonds is 2. The summed E-state index contributed by atoms with van der Waals surface area (Å²) >= 11 is 1.65. The van der Waals surface area contributed by atoms with E-state index in [0.717, 1.165) is 10.2 Å². The van der Waals surface area contributed by atoms with Gasteiger partial charge >= 0.3 is 5.97 Å². The van der Waals surface area contributed by atoms with Crippen molar-refractivity contribution in [3.05, 3.63) is 28.3 Å². The van der Waals surface area contributed by atoms with Gasteiger partial charge in [0, 0.05) is 16.5 Å². The number of nitrogens with zero attached hydrogens (tertiary/aromatic N) is 1. The van der Waals surface area contributed by atoms with Gasteiger partial charge in [-0.15, -0.1) is 11.3 Å². The van der Waals surface area contributed by atoms with Crippen LogP contribution in [-0.4, -0.2) is 17.6 Å². The minimum absolute atomic E-state index is 0.305. The molecule has 0 spiro atoms. The lowest BCUT2D eigenvalue weighted by atomic mass is 10.1. The van der Waals surface area contributed by atoms with Crippen LogP contribution in [0.4, 0.5) is 0 Å². The van der Waals surface area contributed by atoms with Crippen LogP contribution in [-0.2, 0) is 4.74 Å². The van der Waals surface area contributed by atoms with E-state index in [0.29, 0.717) is 12.2 Å². The molecule has 2 aromatic heterocycles. The third-order valence-electron chi connectivity index (χ3n) is 2.54. The molecule has 0 amide bonds. The van der Waals surface area contributed by atoms with E-state index >= 15 is 0 Å². The monoisotopic (exact) mass is 235 g/mol. The fourth-order valence-electron chi connectivity index (χ4n) is 1.54. The lowest BCUT2D eigenvalue weighted by Crippen LogP contribution is -2.04. The molecule has 2 heterocycles.